The Kier molecular flexibility index (Phi) is 50.4. The quantitative estimate of drug-likeness (QED) is 0.00579. The van der Waals surface area contributed by atoms with Crippen molar-refractivity contribution in [2.45, 2.75) is 86.0 Å². The van der Waals surface area contributed by atoms with Gasteiger partial charge < -0.3 is 55.0 Å². The van der Waals surface area contributed by atoms with E-state index in [1.54, 1.807) is 104 Å². The van der Waals surface area contributed by atoms with Crippen LogP contribution in [0.3, 0.4) is 0 Å². The number of aliphatic hydroxyl groups excluding tert-OH is 1. The topological polar surface area (TPSA) is 423 Å². The number of nitrogens with one attached hydrogen (secondary N) is 3. The molecule has 2 aromatic heterocycles. The van der Waals surface area contributed by atoms with Gasteiger partial charge in [-0.25, -0.2) is 11.1 Å². The standard InChI is InChI=1S/C20H20N2O6.C18H21N3O5.C12H18N2O4.C6H4ClNO.C6H15N.C2H6O.CH2Cl2.H2N2.H2O.H2/c1-13-7-8-17(22(25)26)16(11-13)18(28-12-27-2)9-10-21-19(23)14-5-3-4-6-15(14)20(21)24;1-13-6-7-16(21(23)24)14(11-13)17(26-12-25-2)8-10-20-18(22)15-5-3-4-9-19-15;1-9-3-4-11(14(15)16)10(7-9)12(5-6-13)18-8-17-2;7-6(9)5-3-1-2-4-8-5;1-4-7(5-2)6-3;1-2-3;2-1-3;1-2;;/h3-8,11,18H,9-10,12H2,1-2H3;3-7,9,11,17H,8,10,12H2,1-2H3,(H,20,22);3-4,7,12H,5-6,8,13H2,1-2H3;1-4H;4-6H2,1-3H3;3H,2H2,1H3;1H2;1-2H;1H2;1H. The minimum Gasteiger partial charge on any atom is -0.412 e. The largest absolute Gasteiger partial charge is 0.412 e. The normalized spacial score (nSPS) is 11.6. The van der Waals surface area contributed by atoms with Crippen LogP contribution < -0.4 is 11.1 Å². The summed E-state index contributed by atoms with van der Waals surface area (Å²) in [4.78, 5) is 91.1. The second-order valence-corrected chi connectivity index (χ2v) is 20.8. The van der Waals surface area contributed by atoms with Crippen molar-refractivity contribution >= 4 is 74.8 Å². The predicted octanol–water partition coefficient (Wildman–Crippen LogP) is 12.2. The van der Waals surface area contributed by atoms with Crippen LogP contribution >= 0.6 is 34.8 Å². The summed E-state index contributed by atoms with van der Waals surface area (Å²) in [6.45, 7) is 18.3. The lowest BCUT2D eigenvalue weighted by atomic mass is 10.0. The number of nitrogens with two attached hydrogens (primary N) is 1. The van der Waals surface area contributed by atoms with Gasteiger partial charge in [0.25, 0.3) is 40.0 Å². The number of methoxy groups -OCH3 is 3. The van der Waals surface area contributed by atoms with Gasteiger partial charge in [0, 0.05) is 73.0 Å². The lowest BCUT2D eigenvalue weighted by molar-refractivity contribution is -0.386. The highest BCUT2D eigenvalue weighted by Crippen LogP contribution is 2.34. The summed E-state index contributed by atoms with van der Waals surface area (Å²) in [5.41, 5.74) is 20.9. The molecular formula is C65H92Cl3N11O18. The van der Waals surface area contributed by atoms with Gasteiger partial charge in [-0.3, -0.25) is 64.4 Å². The highest BCUT2D eigenvalue weighted by Gasteiger charge is 2.36. The molecule has 0 fully saturated rings. The van der Waals surface area contributed by atoms with E-state index in [1.807, 2.05) is 20.8 Å². The molecule has 8 N–H and O–H groups in total. The summed E-state index contributed by atoms with van der Waals surface area (Å²) in [5, 5.41) is 43.7. The highest BCUT2D eigenvalue weighted by molar-refractivity contribution is 6.67. The van der Waals surface area contributed by atoms with Crippen LogP contribution in [-0.4, -0.2) is 161 Å². The minimum absolute atomic E-state index is 0. The summed E-state index contributed by atoms with van der Waals surface area (Å²) in [6.07, 6.45) is 2.42. The van der Waals surface area contributed by atoms with Crippen LogP contribution in [0.2, 0.25) is 0 Å². The number of rotatable bonds is 28. The van der Waals surface area contributed by atoms with Gasteiger partial charge in [0.1, 0.15) is 31.8 Å². The molecule has 0 bridgehead atoms. The molecule has 0 aliphatic carbocycles. The number of pyridine rings is 2. The van der Waals surface area contributed by atoms with E-state index in [0.29, 0.717) is 58.6 Å². The maximum absolute atomic E-state index is 12.5. The molecule has 536 valence electrons. The zero-order valence-electron chi connectivity index (χ0n) is 56.1. The number of aryl methyl sites for hydroxylation is 3. The van der Waals surface area contributed by atoms with Crippen molar-refractivity contribution in [2.75, 3.05) is 92.9 Å². The zero-order valence-corrected chi connectivity index (χ0v) is 58.3. The number of hydrogen-bond donors (Lipinski definition) is 5. The Bertz CT molecular complexity index is 3220. The number of fused-ring (bicyclic) bond motifs is 1. The Balaban J connectivity index is -0.00000119. The average molecular weight is 1420 g/mol. The summed E-state index contributed by atoms with van der Waals surface area (Å²) >= 11 is 14.6. The first-order valence-electron chi connectivity index (χ1n) is 29.8. The third-order valence-corrected chi connectivity index (χ3v) is 13.3. The molecule has 3 heterocycles. The van der Waals surface area contributed by atoms with E-state index in [1.165, 1.54) is 71.6 Å². The van der Waals surface area contributed by atoms with Crippen LogP contribution in [0.5, 0.6) is 0 Å². The number of aliphatic hydroxyl groups is 1. The third kappa shape index (κ3) is 34.0. The Morgan fingerprint density at radius 3 is 1.25 bits per heavy atom. The van der Waals surface area contributed by atoms with Crippen molar-refractivity contribution in [3.05, 3.63) is 214 Å². The monoisotopic (exact) mass is 1420 g/mol. The van der Waals surface area contributed by atoms with E-state index in [0.717, 1.165) is 21.6 Å². The van der Waals surface area contributed by atoms with Crippen LogP contribution in [0.1, 0.15) is 142 Å². The number of nitro groups is 3. The molecule has 1 aliphatic heterocycles. The fourth-order valence-electron chi connectivity index (χ4n) is 8.62. The average Bonchev–Trinajstić information content (AvgIpc) is 1.61. The number of hydrogen-bond acceptors (Lipinski definition) is 23. The summed E-state index contributed by atoms with van der Waals surface area (Å²) in [6, 6.07) is 31.3. The molecule has 3 atom stereocenters. The summed E-state index contributed by atoms with van der Waals surface area (Å²) < 4.78 is 31.4. The van der Waals surface area contributed by atoms with E-state index in [-0.39, 0.29) is 93.5 Å². The molecule has 7 rings (SSSR count). The van der Waals surface area contributed by atoms with Gasteiger partial charge in [0.05, 0.1) is 66.2 Å². The van der Waals surface area contributed by atoms with Crippen molar-refractivity contribution in [2.24, 2.45) is 5.73 Å². The number of nitro benzene ring substituents is 3. The van der Waals surface area contributed by atoms with Crippen LogP contribution in [0, 0.1) is 62.2 Å². The van der Waals surface area contributed by atoms with E-state index >= 15 is 0 Å². The highest BCUT2D eigenvalue weighted by atomic mass is 35.5. The molecule has 3 amide bonds. The van der Waals surface area contributed by atoms with Crippen LogP contribution in [0.15, 0.2) is 128 Å². The van der Waals surface area contributed by atoms with Crippen molar-refractivity contribution in [1.82, 2.24) is 25.1 Å². The number of nitrogens with zero attached hydrogens (tertiary/aromatic N) is 7. The number of carbonyl (C=O) groups excluding carboxylic acids is 4. The Labute approximate surface area is 581 Å². The van der Waals surface area contributed by atoms with Crippen molar-refractivity contribution < 1.29 is 74.4 Å². The number of carbonyl (C=O) groups is 4. The van der Waals surface area contributed by atoms with Gasteiger partial charge in [-0.1, -0.05) is 79.9 Å². The number of aromatic nitrogens is 2. The number of alkyl halides is 2. The summed E-state index contributed by atoms with van der Waals surface area (Å²) in [7, 11) is 4.43. The third-order valence-electron chi connectivity index (χ3n) is 13.1. The molecule has 6 aromatic rings. The van der Waals surface area contributed by atoms with Gasteiger partial charge in [-0.2, -0.15) is 0 Å². The molecule has 0 spiro atoms. The zero-order chi connectivity index (χ0) is 72.5. The fraction of sp³-hybridized carbons (Fsp3) is 0.415. The first kappa shape index (κ1) is 90.8. The molecule has 29 nitrogen and oxygen atoms in total. The van der Waals surface area contributed by atoms with Gasteiger partial charge in [0.2, 0.25) is 0 Å². The Morgan fingerprint density at radius 2 is 0.959 bits per heavy atom. The van der Waals surface area contributed by atoms with Crippen LogP contribution in [0.4, 0.5) is 17.1 Å². The summed E-state index contributed by atoms with van der Waals surface area (Å²) in [5.74, 6) is -1.05. The number of imide groups is 1. The Morgan fingerprint density at radius 1 is 0.619 bits per heavy atom. The van der Waals surface area contributed by atoms with Crippen molar-refractivity contribution in [1.29, 1.82) is 11.1 Å². The number of halogens is 3. The van der Waals surface area contributed by atoms with E-state index < -0.39 is 38.3 Å². The number of amides is 3. The van der Waals surface area contributed by atoms with Crippen LogP contribution in [0.25, 0.3) is 0 Å². The smallest absolute Gasteiger partial charge is 0.275 e. The lowest BCUT2D eigenvalue weighted by Gasteiger charge is -2.21. The molecule has 97 heavy (non-hydrogen) atoms. The van der Waals surface area contributed by atoms with Gasteiger partial charge in [0.15, 0.2) is 0 Å². The van der Waals surface area contributed by atoms with Gasteiger partial charge in [-0.05, 0) is 139 Å². The molecular weight excluding hydrogens is 1330 g/mol. The number of ether oxygens (including phenoxy) is 6. The van der Waals surface area contributed by atoms with Crippen molar-refractivity contribution in [3.63, 3.8) is 0 Å². The lowest BCUT2D eigenvalue weighted by Crippen LogP contribution is -2.32. The first-order valence-corrected chi connectivity index (χ1v) is 31.2. The predicted molar refractivity (Wildman–Crippen MR) is 370 cm³/mol. The van der Waals surface area contributed by atoms with Gasteiger partial charge >= 0.3 is 0 Å². The maximum atomic E-state index is 12.5. The van der Waals surface area contributed by atoms with Crippen molar-refractivity contribution in [3.8, 4) is 0 Å². The van der Waals surface area contributed by atoms with E-state index in [9.17, 15) is 49.5 Å². The van der Waals surface area contributed by atoms with E-state index in [2.05, 4.69) is 41.0 Å². The van der Waals surface area contributed by atoms with Crippen LogP contribution in [-0.2, 0) is 28.4 Å². The second-order valence-electron chi connectivity index (χ2n) is 19.6. The SMILES string of the molecule is CCN(CC)CC.CCO.COCOC(CCN)c1cc(C)ccc1[N+](=O)[O-].COCOC(CCN1C(=O)c2ccccc2C1=O)c1cc(C)ccc1[N+](=O)[O-].COCOC(CCNC(=O)c1ccccn1)c1cc(C)ccc1[N+](=O)[O-].ClCCl.N=N.O.O=C(Cl)c1ccccn1.[HH]. The van der Waals surface area contributed by atoms with E-state index in [4.69, 9.17) is 85.1 Å². The molecule has 0 saturated carbocycles. The molecule has 1 aliphatic rings. The molecule has 0 saturated heterocycles. The fourth-order valence-corrected chi connectivity index (χ4v) is 8.74. The van der Waals surface area contributed by atoms with Gasteiger partial charge in [-0.15, -0.1) is 23.2 Å². The molecule has 4 aromatic carbocycles. The maximum Gasteiger partial charge on any atom is 0.275 e. The molecule has 0 radical (unpaired) electrons. The number of benzene rings is 4. The molecule has 3 unspecified atom stereocenters. The first-order chi connectivity index (χ1) is 46.0. The second kappa shape index (κ2) is 53.8. The minimum atomic E-state index is -0.704. The Hall–Kier alpha value is -8.27. The molecule has 32 heteroatoms.